The monoisotopic (exact) mass is 615 g/mol. The largest absolute Gasteiger partial charge is 0.490 e. The van der Waals surface area contributed by atoms with E-state index in [-0.39, 0.29) is 29.0 Å². The fraction of sp³-hybridized carbons (Fsp3) is 0.455. The van der Waals surface area contributed by atoms with Crippen LogP contribution in [0.25, 0.3) is 0 Å². The number of halogens is 3. The van der Waals surface area contributed by atoms with Gasteiger partial charge in [0.05, 0.1) is 21.7 Å². The number of carbonyl (C=O) groups is 2. The first-order chi connectivity index (χ1) is 19.2. The fourth-order valence-electron chi connectivity index (χ4n) is 6.44. The van der Waals surface area contributed by atoms with E-state index in [9.17, 15) is 9.59 Å². The van der Waals surface area contributed by atoms with Crippen LogP contribution in [0.4, 0.5) is 0 Å². The third-order valence-electron chi connectivity index (χ3n) is 8.21. The number of hydrogen-bond donors (Lipinski definition) is 0. The molecule has 0 saturated heterocycles. The van der Waals surface area contributed by atoms with E-state index in [0.29, 0.717) is 57.2 Å². The molecular formula is C33H36Cl3NO4. The molecule has 3 aliphatic rings. The summed E-state index contributed by atoms with van der Waals surface area (Å²) in [7, 11) is 2.00. The van der Waals surface area contributed by atoms with Crippen LogP contribution >= 0.6 is 34.8 Å². The van der Waals surface area contributed by atoms with Gasteiger partial charge < -0.3 is 14.4 Å². The van der Waals surface area contributed by atoms with Gasteiger partial charge in [0.15, 0.2) is 23.1 Å². The molecule has 2 aromatic carbocycles. The Hall–Kier alpha value is -2.47. The van der Waals surface area contributed by atoms with Crippen molar-refractivity contribution in [2.75, 3.05) is 13.7 Å². The van der Waals surface area contributed by atoms with Crippen molar-refractivity contribution in [3.63, 3.8) is 0 Å². The van der Waals surface area contributed by atoms with Crippen LogP contribution in [0.1, 0.15) is 77.3 Å². The van der Waals surface area contributed by atoms with Crippen molar-refractivity contribution in [3.05, 3.63) is 79.1 Å². The minimum absolute atomic E-state index is 0.0753. The van der Waals surface area contributed by atoms with E-state index in [1.807, 2.05) is 32.2 Å². The highest BCUT2D eigenvalue weighted by molar-refractivity contribution is 6.42. The minimum atomic E-state index is -0.510. The Kier molecular flexibility index (Phi) is 8.04. The van der Waals surface area contributed by atoms with Gasteiger partial charge in [-0.3, -0.25) is 9.59 Å². The number of nitrogens with zero attached hydrogens (tertiary/aromatic N) is 1. The molecule has 0 aromatic heterocycles. The van der Waals surface area contributed by atoms with Crippen molar-refractivity contribution in [3.8, 4) is 11.5 Å². The quantitative estimate of drug-likeness (QED) is 0.324. The predicted octanol–water partition coefficient (Wildman–Crippen LogP) is 8.94. The van der Waals surface area contributed by atoms with Crippen LogP contribution < -0.4 is 9.47 Å². The molecule has 5 nitrogen and oxygen atoms in total. The molecule has 0 fully saturated rings. The molecule has 0 bridgehead atoms. The van der Waals surface area contributed by atoms with Crippen molar-refractivity contribution >= 4 is 46.4 Å². The lowest BCUT2D eigenvalue weighted by Crippen LogP contribution is -2.43. The van der Waals surface area contributed by atoms with E-state index in [1.54, 1.807) is 12.1 Å². The summed E-state index contributed by atoms with van der Waals surface area (Å²) in [6.07, 6.45) is 2.36. The molecule has 0 radical (unpaired) electrons. The van der Waals surface area contributed by atoms with Gasteiger partial charge in [-0.25, -0.2) is 0 Å². The molecule has 2 aliphatic carbocycles. The van der Waals surface area contributed by atoms with Gasteiger partial charge >= 0.3 is 0 Å². The molecule has 218 valence electrons. The van der Waals surface area contributed by atoms with E-state index in [0.717, 1.165) is 35.4 Å². The molecule has 41 heavy (non-hydrogen) atoms. The normalized spacial score (nSPS) is 20.3. The van der Waals surface area contributed by atoms with Gasteiger partial charge in [0.2, 0.25) is 0 Å². The Balaban J connectivity index is 1.63. The predicted molar refractivity (Wildman–Crippen MR) is 164 cm³/mol. The number of hydrogen-bond acceptors (Lipinski definition) is 5. The van der Waals surface area contributed by atoms with E-state index in [1.165, 1.54) is 0 Å². The Morgan fingerprint density at radius 2 is 1.39 bits per heavy atom. The maximum absolute atomic E-state index is 13.8. The molecule has 5 rings (SSSR count). The van der Waals surface area contributed by atoms with Gasteiger partial charge in [-0.15, -0.1) is 0 Å². The Bertz CT molecular complexity index is 1450. The summed E-state index contributed by atoms with van der Waals surface area (Å²) in [5.41, 5.74) is 4.63. The Morgan fingerprint density at radius 1 is 0.805 bits per heavy atom. The van der Waals surface area contributed by atoms with Gasteiger partial charge in [-0.05, 0) is 66.0 Å². The average Bonchev–Trinajstić information content (AvgIpc) is 2.85. The zero-order valence-electron chi connectivity index (χ0n) is 24.4. The van der Waals surface area contributed by atoms with Crippen molar-refractivity contribution in [2.24, 2.45) is 10.8 Å². The second kappa shape index (κ2) is 11.0. The summed E-state index contributed by atoms with van der Waals surface area (Å²) in [5, 5.41) is 1.26. The average molecular weight is 617 g/mol. The second-order valence-corrected chi connectivity index (χ2v) is 14.1. The summed E-state index contributed by atoms with van der Waals surface area (Å²) in [4.78, 5) is 29.8. The van der Waals surface area contributed by atoms with Crippen LogP contribution in [0.15, 0.2) is 52.9 Å². The van der Waals surface area contributed by atoms with Crippen molar-refractivity contribution in [1.29, 1.82) is 0 Å². The zero-order chi connectivity index (χ0) is 29.9. The van der Waals surface area contributed by atoms with Crippen molar-refractivity contribution in [2.45, 2.75) is 72.8 Å². The summed E-state index contributed by atoms with van der Waals surface area (Å²) >= 11 is 19.1. The molecule has 0 unspecified atom stereocenters. The molecule has 0 atom stereocenters. The van der Waals surface area contributed by atoms with Crippen LogP contribution in [-0.4, -0.2) is 30.1 Å². The maximum Gasteiger partial charge on any atom is 0.180 e. The Labute approximate surface area is 257 Å². The molecule has 0 N–H and O–H groups in total. The van der Waals surface area contributed by atoms with Crippen LogP contribution in [0.3, 0.4) is 0 Å². The van der Waals surface area contributed by atoms with Gasteiger partial charge in [-0.2, -0.15) is 0 Å². The standard InChI is InChI=1S/C33H36Cl3NO4/c1-7-40-27-12-19(11-22(36)31(27)41-17-18-8-9-20(34)21(35)10-18)28-29-23(13-32(2,3)15-25(29)38)37(6)24-14-33(4,5)16-26(39)30(24)28/h8-12,28H,7,13-17H2,1-6H3. The van der Waals surface area contributed by atoms with E-state index in [2.05, 4.69) is 32.6 Å². The second-order valence-electron chi connectivity index (χ2n) is 12.9. The third kappa shape index (κ3) is 5.78. The van der Waals surface area contributed by atoms with Gasteiger partial charge in [0.1, 0.15) is 6.61 Å². The molecule has 1 aliphatic heterocycles. The van der Waals surface area contributed by atoms with Crippen LogP contribution in [-0.2, 0) is 16.2 Å². The number of ketones is 2. The number of carbonyl (C=O) groups excluding carboxylic acids is 2. The first-order valence-electron chi connectivity index (χ1n) is 14.0. The molecule has 1 heterocycles. The number of Topliss-reactive ketones (excluding diaryl/α,β-unsaturated/α-hetero) is 2. The first kappa shape index (κ1) is 30.0. The van der Waals surface area contributed by atoms with Crippen molar-refractivity contribution < 1.29 is 19.1 Å². The molecule has 0 saturated carbocycles. The summed E-state index contributed by atoms with van der Waals surface area (Å²) < 4.78 is 12.2. The molecule has 0 amide bonds. The number of allylic oxidation sites excluding steroid dienone is 4. The smallest absolute Gasteiger partial charge is 0.180 e. The number of rotatable bonds is 6. The topological polar surface area (TPSA) is 55.8 Å². The fourth-order valence-corrected chi connectivity index (χ4v) is 7.03. The first-order valence-corrected chi connectivity index (χ1v) is 15.1. The lowest BCUT2D eigenvalue weighted by Gasteiger charge is -2.48. The third-order valence-corrected chi connectivity index (χ3v) is 9.23. The molecular weight excluding hydrogens is 581 g/mol. The summed E-state index contributed by atoms with van der Waals surface area (Å²) in [5.74, 6) is 0.499. The van der Waals surface area contributed by atoms with Gasteiger partial charge in [0, 0.05) is 48.3 Å². The van der Waals surface area contributed by atoms with E-state index < -0.39 is 5.92 Å². The molecule has 8 heteroatoms. The highest BCUT2D eigenvalue weighted by atomic mass is 35.5. The van der Waals surface area contributed by atoms with Crippen LogP contribution in [0.5, 0.6) is 11.5 Å². The lowest BCUT2D eigenvalue weighted by atomic mass is 9.63. The molecule has 2 aromatic rings. The Morgan fingerprint density at radius 3 is 1.93 bits per heavy atom. The highest BCUT2D eigenvalue weighted by Gasteiger charge is 2.48. The highest BCUT2D eigenvalue weighted by Crippen LogP contribution is 2.55. The minimum Gasteiger partial charge on any atom is -0.490 e. The van der Waals surface area contributed by atoms with Gasteiger partial charge in [-0.1, -0.05) is 68.6 Å². The lowest BCUT2D eigenvalue weighted by molar-refractivity contribution is -0.119. The zero-order valence-corrected chi connectivity index (χ0v) is 26.7. The van der Waals surface area contributed by atoms with Crippen molar-refractivity contribution in [1.82, 2.24) is 4.90 Å². The van der Waals surface area contributed by atoms with E-state index in [4.69, 9.17) is 44.3 Å². The summed E-state index contributed by atoms with van der Waals surface area (Å²) in [6, 6.07) is 9.01. The number of benzene rings is 2. The van der Waals surface area contributed by atoms with E-state index >= 15 is 0 Å². The van der Waals surface area contributed by atoms with Crippen LogP contribution in [0.2, 0.25) is 15.1 Å². The maximum atomic E-state index is 13.8. The van der Waals surface area contributed by atoms with Crippen LogP contribution in [0, 0.1) is 10.8 Å². The van der Waals surface area contributed by atoms with Gasteiger partial charge in [0.25, 0.3) is 0 Å². The SMILES string of the molecule is CCOc1cc(C2C3=C(CC(C)(C)CC3=O)N(C)C3=C2C(=O)CC(C)(C)C3)cc(Cl)c1OCc1ccc(Cl)c(Cl)c1. The summed E-state index contributed by atoms with van der Waals surface area (Å²) in [6.45, 7) is 11.0. The molecule has 0 spiro atoms. The number of ether oxygens (including phenoxy) is 2.